The first-order chi connectivity index (χ1) is 10.1. The summed E-state index contributed by atoms with van der Waals surface area (Å²) >= 11 is 7.14. The van der Waals surface area contributed by atoms with Crippen molar-refractivity contribution in [3.8, 4) is 0 Å². The summed E-state index contributed by atoms with van der Waals surface area (Å²) in [6.45, 7) is -0.198. The van der Waals surface area contributed by atoms with E-state index >= 15 is 0 Å². The molecule has 0 saturated heterocycles. The molecule has 21 heavy (non-hydrogen) atoms. The van der Waals surface area contributed by atoms with Crippen molar-refractivity contribution in [2.24, 2.45) is 0 Å². The Labute approximate surface area is 133 Å². The second-order valence-electron chi connectivity index (χ2n) is 4.95. The average Bonchev–Trinajstić information content (AvgIpc) is 2.97. The molecule has 1 aromatic carbocycles. The number of halogens is 1. The Hall–Kier alpha value is -1.20. The molecule has 4 nitrogen and oxygen atoms in total. The van der Waals surface area contributed by atoms with Crippen LogP contribution in [-0.2, 0) is 14.3 Å². The lowest BCUT2D eigenvalue weighted by molar-refractivity contribution is -0.146. The third-order valence-corrected chi connectivity index (χ3v) is 4.49. The van der Waals surface area contributed by atoms with Gasteiger partial charge in [0.05, 0.1) is 5.75 Å². The van der Waals surface area contributed by atoms with Crippen LogP contribution in [0.25, 0.3) is 0 Å². The smallest absolute Gasteiger partial charge is 0.316 e. The van der Waals surface area contributed by atoms with Gasteiger partial charge in [-0.3, -0.25) is 9.59 Å². The fraction of sp³-hybridized carbons (Fsp3) is 0.467. The van der Waals surface area contributed by atoms with Crippen LogP contribution in [-0.4, -0.2) is 30.3 Å². The molecule has 0 aliphatic heterocycles. The number of carbonyl (C=O) groups excluding carboxylic acids is 2. The minimum atomic E-state index is -0.392. The van der Waals surface area contributed by atoms with Crippen molar-refractivity contribution in [1.29, 1.82) is 0 Å². The summed E-state index contributed by atoms with van der Waals surface area (Å²) in [7, 11) is 0. The van der Waals surface area contributed by atoms with Gasteiger partial charge in [-0.05, 0) is 37.1 Å². The van der Waals surface area contributed by atoms with E-state index in [1.54, 1.807) is 12.1 Å². The summed E-state index contributed by atoms with van der Waals surface area (Å²) in [5, 5.41) is 3.53. The SMILES string of the molecule is O=C(COC(=O)CSc1ccc(Cl)cc1)NC1CCCC1. The first-order valence-electron chi connectivity index (χ1n) is 6.97. The molecule has 0 atom stereocenters. The number of thioether (sulfide) groups is 1. The normalized spacial score (nSPS) is 14.9. The van der Waals surface area contributed by atoms with E-state index in [9.17, 15) is 9.59 Å². The summed E-state index contributed by atoms with van der Waals surface area (Å²) in [6.07, 6.45) is 4.35. The van der Waals surface area contributed by atoms with Crippen molar-refractivity contribution in [3.05, 3.63) is 29.3 Å². The van der Waals surface area contributed by atoms with Crippen LogP contribution < -0.4 is 5.32 Å². The van der Waals surface area contributed by atoms with E-state index in [4.69, 9.17) is 16.3 Å². The van der Waals surface area contributed by atoms with E-state index in [2.05, 4.69) is 5.32 Å². The van der Waals surface area contributed by atoms with Crippen LogP contribution in [0.3, 0.4) is 0 Å². The first-order valence-corrected chi connectivity index (χ1v) is 8.33. The molecule has 114 valence electrons. The quantitative estimate of drug-likeness (QED) is 0.644. The third-order valence-electron chi connectivity index (χ3n) is 3.25. The molecule has 1 fully saturated rings. The molecule has 0 aromatic heterocycles. The highest BCUT2D eigenvalue weighted by molar-refractivity contribution is 8.00. The number of hydrogen-bond acceptors (Lipinski definition) is 4. The lowest BCUT2D eigenvalue weighted by Crippen LogP contribution is -2.36. The minimum absolute atomic E-state index is 0.179. The van der Waals surface area contributed by atoms with Crippen molar-refractivity contribution >= 4 is 35.2 Å². The van der Waals surface area contributed by atoms with Gasteiger partial charge in [-0.2, -0.15) is 0 Å². The molecule has 2 rings (SSSR count). The molecule has 6 heteroatoms. The van der Waals surface area contributed by atoms with Gasteiger partial charge < -0.3 is 10.1 Å². The maximum Gasteiger partial charge on any atom is 0.316 e. The predicted molar refractivity (Wildman–Crippen MR) is 83.5 cm³/mol. The minimum Gasteiger partial charge on any atom is -0.455 e. The van der Waals surface area contributed by atoms with E-state index in [0.29, 0.717) is 5.02 Å². The molecule has 1 amide bonds. The Kier molecular flexibility index (Phi) is 6.39. The predicted octanol–water partition coefficient (Wildman–Crippen LogP) is 3.03. The highest BCUT2D eigenvalue weighted by Gasteiger charge is 2.17. The molecular formula is C15H18ClNO3S. The Morgan fingerprint density at radius 2 is 1.90 bits per heavy atom. The van der Waals surface area contributed by atoms with Crippen LogP contribution >= 0.6 is 23.4 Å². The lowest BCUT2D eigenvalue weighted by Gasteiger charge is -2.11. The van der Waals surface area contributed by atoms with Crippen LogP contribution in [0.5, 0.6) is 0 Å². The van der Waals surface area contributed by atoms with Gasteiger partial charge >= 0.3 is 5.97 Å². The summed E-state index contributed by atoms with van der Waals surface area (Å²) < 4.78 is 4.96. The molecule has 0 bridgehead atoms. The third kappa shape index (κ3) is 5.98. The second kappa shape index (κ2) is 8.29. The molecular weight excluding hydrogens is 310 g/mol. The van der Waals surface area contributed by atoms with Crippen LogP contribution in [0.1, 0.15) is 25.7 Å². The van der Waals surface area contributed by atoms with E-state index < -0.39 is 5.97 Å². The monoisotopic (exact) mass is 327 g/mol. The van der Waals surface area contributed by atoms with Gasteiger partial charge in [0.15, 0.2) is 6.61 Å². The van der Waals surface area contributed by atoms with Crippen molar-refractivity contribution in [3.63, 3.8) is 0 Å². The van der Waals surface area contributed by atoms with Crippen molar-refractivity contribution in [1.82, 2.24) is 5.32 Å². The zero-order valence-corrected chi connectivity index (χ0v) is 13.2. The molecule has 1 saturated carbocycles. The Balaban J connectivity index is 1.62. The van der Waals surface area contributed by atoms with Gasteiger partial charge in [-0.1, -0.05) is 24.4 Å². The van der Waals surface area contributed by atoms with Crippen molar-refractivity contribution in [2.45, 2.75) is 36.6 Å². The number of nitrogens with one attached hydrogen (secondary N) is 1. The summed E-state index contributed by atoms with van der Waals surface area (Å²) in [6, 6.07) is 7.47. The first kappa shape index (κ1) is 16.2. The summed E-state index contributed by atoms with van der Waals surface area (Å²) in [4.78, 5) is 24.1. The standard InChI is InChI=1S/C15H18ClNO3S/c16-11-5-7-13(8-6-11)21-10-15(19)20-9-14(18)17-12-3-1-2-4-12/h5-8,12H,1-4,9-10H2,(H,17,18). The van der Waals surface area contributed by atoms with Gasteiger partial charge in [-0.15, -0.1) is 11.8 Å². The maximum absolute atomic E-state index is 11.6. The van der Waals surface area contributed by atoms with E-state index in [1.807, 2.05) is 12.1 Å². The lowest BCUT2D eigenvalue weighted by atomic mass is 10.2. The van der Waals surface area contributed by atoms with Gasteiger partial charge in [0, 0.05) is 16.0 Å². The molecule has 0 unspecified atom stereocenters. The van der Waals surface area contributed by atoms with Gasteiger partial charge in [0.25, 0.3) is 5.91 Å². The Morgan fingerprint density at radius 1 is 1.24 bits per heavy atom. The number of esters is 1. The van der Waals surface area contributed by atoms with E-state index in [0.717, 1.165) is 30.6 Å². The van der Waals surface area contributed by atoms with Crippen molar-refractivity contribution in [2.75, 3.05) is 12.4 Å². The highest BCUT2D eigenvalue weighted by Crippen LogP contribution is 2.20. The molecule has 1 N–H and O–H groups in total. The molecule has 0 radical (unpaired) electrons. The summed E-state index contributed by atoms with van der Waals surface area (Å²) in [5.74, 6) is -0.429. The second-order valence-corrected chi connectivity index (χ2v) is 6.44. The van der Waals surface area contributed by atoms with E-state index in [-0.39, 0.29) is 24.3 Å². The summed E-state index contributed by atoms with van der Waals surface area (Å²) in [5.41, 5.74) is 0. The van der Waals surface area contributed by atoms with Crippen LogP contribution in [0.4, 0.5) is 0 Å². The fourth-order valence-electron chi connectivity index (χ4n) is 2.20. The average molecular weight is 328 g/mol. The van der Waals surface area contributed by atoms with Gasteiger partial charge in [0.2, 0.25) is 0 Å². The van der Waals surface area contributed by atoms with Crippen LogP contribution in [0.2, 0.25) is 5.02 Å². The van der Waals surface area contributed by atoms with Gasteiger partial charge in [0.1, 0.15) is 0 Å². The zero-order chi connectivity index (χ0) is 15.1. The maximum atomic E-state index is 11.6. The van der Waals surface area contributed by atoms with Crippen molar-refractivity contribution < 1.29 is 14.3 Å². The number of rotatable bonds is 6. The number of ether oxygens (including phenoxy) is 1. The number of hydrogen-bond donors (Lipinski definition) is 1. The molecule has 1 aliphatic carbocycles. The Bertz CT molecular complexity index is 486. The topological polar surface area (TPSA) is 55.4 Å². The molecule has 0 spiro atoms. The Morgan fingerprint density at radius 3 is 2.57 bits per heavy atom. The number of carbonyl (C=O) groups is 2. The van der Waals surface area contributed by atoms with E-state index in [1.165, 1.54) is 11.8 Å². The number of amides is 1. The number of benzene rings is 1. The van der Waals surface area contributed by atoms with Gasteiger partial charge in [-0.25, -0.2) is 0 Å². The molecule has 1 aliphatic rings. The zero-order valence-electron chi connectivity index (χ0n) is 11.6. The van der Waals surface area contributed by atoms with Crippen LogP contribution in [0.15, 0.2) is 29.2 Å². The largest absolute Gasteiger partial charge is 0.455 e. The van der Waals surface area contributed by atoms with Crippen LogP contribution in [0, 0.1) is 0 Å². The molecule has 0 heterocycles. The molecule has 1 aromatic rings. The fourth-order valence-corrected chi connectivity index (χ4v) is 3.02. The highest BCUT2D eigenvalue weighted by atomic mass is 35.5.